The molecule has 0 unspecified atom stereocenters. The van der Waals surface area contributed by atoms with Crippen LogP contribution in [-0.4, -0.2) is 38.3 Å². The van der Waals surface area contributed by atoms with Crippen LogP contribution in [0.15, 0.2) is 70.6 Å². The molecule has 144 valence electrons. The quantitative estimate of drug-likeness (QED) is 0.589. The molecule has 0 spiro atoms. The van der Waals surface area contributed by atoms with Crippen molar-refractivity contribution in [3.8, 4) is 5.82 Å². The average molecular weight is 384 g/mol. The molecule has 29 heavy (non-hydrogen) atoms. The van der Waals surface area contributed by atoms with Gasteiger partial charge in [-0.2, -0.15) is 0 Å². The van der Waals surface area contributed by atoms with Crippen molar-refractivity contribution >= 4 is 22.7 Å². The fourth-order valence-corrected chi connectivity index (χ4v) is 3.74. The first-order valence-corrected chi connectivity index (χ1v) is 9.58. The Morgan fingerprint density at radius 1 is 1.07 bits per heavy atom. The lowest BCUT2D eigenvalue weighted by Gasteiger charge is -2.24. The Balaban J connectivity index is 1.65. The van der Waals surface area contributed by atoms with Gasteiger partial charge in [-0.25, -0.2) is 19.3 Å². The van der Waals surface area contributed by atoms with Gasteiger partial charge in [0.2, 0.25) is 0 Å². The summed E-state index contributed by atoms with van der Waals surface area (Å²) in [5.41, 5.74) is 4.17. The molecule has 0 radical (unpaired) electrons. The summed E-state index contributed by atoms with van der Waals surface area (Å²) >= 11 is 0. The van der Waals surface area contributed by atoms with E-state index < -0.39 is 0 Å². The number of anilines is 1. The number of H-pyrrole nitrogens is 1. The van der Waals surface area contributed by atoms with Gasteiger partial charge in [0.15, 0.2) is 5.65 Å². The second-order valence-corrected chi connectivity index (χ2v) is 7.05. The molecule has 1 aromatic carbocycles. The van der Waals surface area contributed by atoms with Gasteiger partial charge in [-0.05, 0) is 36.8 Å². The van der Waals surface area contributed by atoms with Crippen molar-refractivity contribution in [2.75, 3.05) is 18.0 Å². The van der Waals surface area contributed by atoms with E-state index in [-0.39, 0.29) is 5.69 Å². The number of aliphatic imine (C=N–C) groups is 1. The Kier molecular flexibility index (Phi) is 4.20. The number of fused-ring (bicyclic) bond motifs is 2. The number of pyridine rings is 2. The summed E-state index contributed by atoms with van der Waals surface area (Å²) in [6.07, 6.45) is 1.66. The first-order chi connectivity index (χ1) is 14.2. The molecular weight excluding hydrogens is 364 g/mol. The number of hydrogen-bond acceptors (Lipinski definition) is 5. The Morgan fingerprint density at radius 3 is 2.79 bits per heavy atom. The summed E-state index contributed by atoms with van der Waals surface area (Å²) in [6, 6.07) is 17.9. The van der Waals surface area contributed by atoms with Crippen molar-refractivity contribution < 1.29 is 0 Å². The molecule has 5 rings (SSSR count). The highest BCUT2D eigenvalue weighted by Gasteiger charge is 2.20. The van der Waals surface area contributed by atoms with E-state index in [9.17, 15) is 4.79 Å². The third-order valence-electron chi connectivity index (χ3n) is 5.17. The van der Waals surface area contributed by atoms with Crippen LogP contribution in [0.2, 0.25) is 0 Å². The number of imidazole rings is 1. The average Bonchev–Trinajstić information content (AvgIpc) is 3.00. The topological polar surface area (TPSA) is 79.2 Å². The largest absolute Gasteiger partial charge is 0.350 e. The first kappa shape index (κ1) is 17.4. The fraction of sp³-hybridized carbons (Fsp3) is 0.182. The van der Waals surface area contributed by atoms with Gasteiger partial charge < -0.3 is 4.90 Å². The molecule has 4 aromatic rings. The summed E-state index contributed by atoms with van der Waals surface area (Å²) in [5, 5.41) is 0. The lowest BCUT2D eigenvalue weighted by atomic mass is 10.1. The van der Waals surface area contributed by atoms with Gasteiger partial charge in [-0.3, -0.25) is 9.98 Å². The molecule has 0 amide bonds. The van der Waals surface area contributed by atoms with Crippen LogP contribution in [0.3, 0.4) is 0 Å². The molecule has 0 saturated carbocycles. The van der Waals surface area contributed by atoms with E-state index in [1.165, 1.54) is 5.56 Å². The third kappa shape index (κ3) is 3.10. The Hall–Kier alpha value is -3.74. The van der Waals surface area contributed by atoms with Crippen LogP contribution < -0.4 is 10.6 Å². The number of rotatable bonds is 3. The van der Waals surface area contributed by atoms with Crippen LogP contribution in [-0.2, 0) is 6.54 Å². The van der Waals surface area contributed by atoms with Crippen molar-refractivity contribution in [3.05, 3.63) is 82.4 Å². The number of aromatic nitrogens is 4. The molecule has 1 N–H and O–H groups in total. The molecule has 3 aromatic heterocycles. The molecular formula is C22H20N6O. The lowest BCUT2D eigenvalue weighted by Crippen LogP contribution is -2.27. The second kappa shape index (κ2) is 7.01. The van der Waals surface area contributed by atoms with E-state index in [4.69, 9.17) is 4.98 Å². The predicted octanol–water partition coefficient (Wildman–Crippen LogP) is 2.94. The number of benzene rings is 1. The van der Waals surface area contributed by atoms with Gasteiger partial charge in [0.1, 0.15) is 11.6 Å². The third-order valence-corrected chi connectivity index (χ3v) is 5.17. The highest BCUT2D eigenvalue weighted by molar-refractivity contribution is 6.03. The van der Waals surface area contributed by atoms with Crippen LogP contribution >= 0.6 is 0 Å². The molecule has 7 heteroatoms. The molecule has 0 atom stereocenters. The van der Waals surface area contributed by atoms with Crippen molar-refractivity contribution in [2.45, 2.75) is 13.5 Å². The maximum atomic E-state index is 12.6. The van der Waals surface area contributed by atoms with Crippen LogP contribution in [0.4, 0.5) is 5.82 Å². The Labute approximate surface area is 167 Å². The molecule has 4 heterocycles. The van der Waals surface area contributed by atoms with Gasteiger partial charge in [-0.1, -0.05) is 30.3 Å². The van der Waals surface area contributed by atoms with Crippen LogP contribution in [0.1, 0.15) is 18.1 Å². The molecule has 0 aliphatic carbocycles. The zero-order valence-corrected chi connectivity index (χ0v) is 16.0. The van der Waals surface area contributed by atoms with E-state index in [2.05, 4.69) is 32.0 Å². The summed E-state index contributed by atoms with van der Waals surface area (Å²) < 4.78 is 1.57. The van der Waals surface area contributed by atoms with Crippen molar-refractivity contribution in [2.24, 2.45) is 4.99 Å². The summed E-state index contributed by atoms with van der Waals surface area (Å²) in [6.45, 7) is 4.22. The smallest absolute Gasteiger partial charge is 0.333 e. The monoisotopic (exact) mass is 384 g/mol. The molecule has 0 fully saturated rings. The second-order valence-electron chi connectivity index (χ2n) is 7.05. The predicted molar refractivity (Wildman–Crippen MR) is 114 cm³/mol. The summed E-state index contributed by atoms with van der Waals surface area (Å²) in [5.74, 6) is 1.41. The first-order valence-electron chi connectivity index (χ1n) is 9.58. The van der Waals surface area contributed by atoms with E-state index in [1.807, 2.05) is 49.4 Å². The van der Waals surface area contributed by atoms with Crippen molar-refractivity contribution in [1.82, 2.24) is 19.5 Å². The zero-order valence-electron chi connectivity index (χ0n) is 16.0. The molecule has 0 bridgehead atoms. The van der Waals surface area contributed by atoms with Crippen molar-refractivity contribution in [3.63, 3.8) is 0 Å². The van der Waals surface area contributed by atoms with E-state index in [0.29, 0.717) is 23.5 Å². The minimum absolute atomic E-state index is 0.250. The number of aromatic amines is 1. The lowest BCUT2D eigenvalue weighted by molar-refractivity contribution is 0.779. The van der Waals surface area contributed by atoms with Gasteiger partial charge in [0.25, 0.3) is 0 Å². The molecule has 1 aliphatic heterocycles. The summed E-state index contributed by atoms with van der Waals surface area (Å²) in [4.78, 5) is 31.4. The van der Waals surface area contributed by atoms with E-state index >= 15 is 0 Å². The minimum Gasteiger partial charge on any atom is -0.350 e. The van der Waals surface area contributed by atoms with Crippen LogP contribution in [0, 0.1) is 0 Å². The maximum Gasteiger partial charge on any atom is 0.333 e. The van der Waals surface area contributed by atoms with Crippen LogP contribution in [0.25, 0.3) is 17.0 Å². The number of nitrogens with zero attached hydrogens (tertiary/aromatic N) is 5. The van der Waals surface area contributed by atoms with E-state index in [1.54, 1.807) is 10.8 Å². The molecule has 7 nitrogen and oxygen atoms in total. The number of hydrogen-bond donors (Lipinski definition) is 1. The van der Waals surface area contributed by atoms with Crippen LogP contribution in [0.5, 0.6) is 0 Å². The normalized spacial score (nSPS) is 13.8. The summed E-state index contributed by atoms with van der Waals surface area (Å²) in [7, 11) is 0. The molecule has 1 aliphatic rings. The number of nitrogens with one attached hydrogen (secondary N) is 1. The highest BCUT2D eigenvalue weighted by Crippen LogP contribution is 2.25. The highest BCUT2D eigenvalue weighted by atomic mass is 16.1. The van der Waals surface area contributed by atoms with Gasteiger partial charge in [0, 0.05) is 30.6 Å². The SMILES string of the molecule is CC1=NCCN(Cc2ccccc2)c2nc(-n3c(=O)[nH]c4ncccc43)ccc21. The maximum absolute atomic E-state index is 12.6. The standard InChI is InChI=1S/C22H20N6O/c1-15-17-9-10-19(28-18-8-5-11-24-20(18)26-22(28)29)25-21(17)27(13-12-23-15)14-16-6-3-2-4-7-16/h2-11H,12-14H2,1H3,(H,24,26,29). The van der Waals surface area contributed by atoms with Gasteiger partial charge >= 0.3 is 5.69 Å². The zero-order chi connectivity index (χ0) is 19.8. The van der Waals surface area contributed by atoms with E-state index in [0.717, 1.165) is 30.2 Å². The van der Waals surface area contributed by atoms with Gasteiger partial charge in [0.05, 0.1) is 12.1 Å². The Bertz CT molecular complexity index is 1270. The minimum atomic E-state index is -0.250. The Morgan fingerprint density at radius 2 is 1.93 bits per heavy atom. The molecule has 0 saturated heterocycles. The van der Waals surface area contributed by atoms with Gasteiger partial charge in [-0.15, -0.1) is 0 Å². The van der Waals surface area contributed by atoms with Crippen molar-refractivity contribution in [1.29, 1.82) is 0 Å². The fourth-order valence-electron chi connectivity index (χ4n) is 3.74.